The number of nitrogens with one attached hydrogen (secondary N) is 1. The van der Waals surface area contributed by atoms with Gasteiger partial charge in [-0.1, -0.05) is 20.8 Å². The maximum atomic E-state index is 9.34. The van der Waals surface area contributed by atoms with Gasteiger partial charge in [-0.3, -0.25) is 0 Å². The lowest BCUT2D eigenvalue weighted by atomic mass is 10.0. The highest BCUT2D eigenvalue weighted by Crippen LogP contribution is 2.30. The molecule has 0 aliphatic heterocycles. The number of H-pyrrole nitrogens is 1. The Morgan fingerprint density at radius 3 is 2.60 bits per heavy atom. The zero-order chi connectivity index (χ0) is 14.9. The summed E-state index contributed by atoms with van der Waals surface area (Å²) in [5.74, 6) is 1.42. The van der Waals surface area contributed by atoms with Crippen molar-refractivity contribution in [2.45, 2.75) is 40.0 Å². The van der Waals surface area contributed by atoms with Crippen LogP contribution in [0.4, 0.5) is 5.82 Å². The van der Waals surface area contributed by atoms with Gasteiger partial charge in [0.2, 0.25) is 0 Å². The molecule has 0 bridgehead atoms. The van der Waals surface area contributed by atoms with Crippen LogP contribution in [0.2, 0.25) is 0 Å². The number of aromatic amines is 1. The summed E-state index contributed by atoms with van der Waals surface area (Å²) in [6.45, 7) is 8.08. The smallest absolute Gasteiger partial charge is 0.142 e. The second kappa shape index (κ2) is 5.33. The van der Waals surface area contributed by atoms with Gasteiger partial charge in [0.25, 0.3) is 0 Å². The number of nitrogens with zero attached hydrogens (tertiary/aromatic N) is 3. The number of hydrogen-bond acceptors (Lipinski definition) is 4. The van der Waals surface area contributed by atoms with E-state index in [1.807, 2.05) is 33.8 Å². The summed E-state index contributed by atoms with van der Waals surface area (Å²) in [5.41, 5.74) is 9.68. The van der Waals surface area contributed by atoms with E-state index in [4.69, 9.17) is 5.73 Å². The van der Waals surface area contributed by atoms with Crippen molar-refractivity contribution in [2.75, 3.05) is 5.73 Å². The molecule has 0 radical (unpaired) electrons. The van der Waals surface area contributed by atoms with Crippen molar-refractivity contribution in [3.05, 3.63) is 28.8 Å². The molecule has 0 atom stereocenters. The van der Waals surface area contributed by atoms with Crippen molar-refractivity contribution in [3.63, 3.8) is 0 Å². The topological polar surface area (TPSA) is 91.4 Å². The van der Waals surface area contributed by atoms with Crippen molar-refractivity contribution >= 4 is 5.82 Å². The highest BCUT2D eigenvalue weighted by molar-refractivity contribution is 5.75. The number of anilines is 1. The molecular weight excluding hydrogens is 250 g/mol. The summed E-state index contributed by atoms with van der Waals surface area (Å²) in [6, 6.07) is 4.06. The Bertz CT molecular complexity index is 676. The van der Waals surface area contributed by atoms with E-state index in [0.29, 0.717) is 5.56 Å². The molecule has 0 spiro atoms. The first-order valence-electron chi connectivity index (χ1n) is 6.74. The van der Waals surface area contributed by atoms with Crippen LogP contribution in [-0.4, -0.2) is 15.0 Å². The summed E-state index contributed by atoms with van der Waals surface area (Å²) in [4.78, 5) is 12.1. The van der Waals surface area contributed by atoms with Crippen LogP contribution in [0, 0.1) is 18.3 Å². The maximum Gasteiger partial charge on any atom is 0.142 e. The van der Waals surface area contributed by atoms with Crippen LogP contribution in [0.25, 0.3) is 11.3 Å². The number of nitrogens with two attached hydrogens (primary N) is 1. The first-order chi connectivity index (χ1) is 9.47. The predicted molar refractivity (Wildman–Crippen MR) is 79.2 cm³/mol. The molecule has 0 saturated heterocycles. The van der Waals surface area contributed by atoms with Gasteiger partial charge in [-0.25, -0.2) is 9.97 Å². The zero-order valence-electron chi connectivity index (χ0n) is 12.3. The summed E-state index contributed by atoms with van der Waals surface area (Å²) in [5, 5.41) is 9.34. The van der Waals surface area contributed by atoms with Crippen LogP contribution < -0.4 is 5.73 Å². The second-order valence-electron chi connectivity index (χ2n) is 5.13. The van der Waals surface area contributed by atoms with Gasteiger partial charge in [-0.15, -0.1) is 0 Å². The fraction of sp³-hybridized carbons (Fsp3) is 0.400. The SMILES string of the molecule is CCc1nc(-c2cc(C(C)C)nc(N)c2C#N)c(C)[nH]1. The highest BCUT2D eigenvalue weighted by atomic mass is 14.9. The Balaban J connectivity index is 2.71. The van der Waals surface area contributed by atoms with E-state index in [1.165, 1.54) is 0 Å². The average molecular weight is 269 g/mol. The van der Waals surface area contributed by atoms with Crippen LogP contribution >= 0.6 is 0 Å². The molecule has 0 saturated carbocycles. The van der Waals surface area contributed by atoms with Gasteiger partial charge in [0, 0.05) is 23.4 Å². The monoisotopic (exact) mass is 269 g/mol. The molecule has 0 aromatic carbocycles. The number of aromatic nitrogens is 3. The van der Waals surface area contributed by atoms with E-state index < -0.39 is 0 Å². The van der Waals surface area contributed by atoms with Gasteiger partial charge >= 0.3 is 0 Å². The van der Waals surface area contributed by atoms with Gasteiger partial charge < -0.3 is 10.7 Å². The number of nitrogen functional groups attached to an aromatic ring is 1. The maximum absolute atomic E-state index is 9.34. The second-order valence-corrected chi connectivity index (χ2v) is 5.13. The molecule has 2 aromatic heterocycles. The quantitative estimate of drug-likeness (QED) is 0.896. The van der Waals surface area contributed by atoms with Gasteiger partial charge in [0.1, 0.15) is 23.3 Å². The molecule has 0 fully saturated rings. The first-order valence-corrected chi connectivity index (χ1v) is 6.74. The van der Waals surface area contributed by atoms with E-state index >= 15 is 0 Å². The summed E-state index contributed by atoms with van der Waals surface area (Å²) in [6.07, 6.45) is 0.820. The minimum atomic E-state index is 0.244. The number of pyridine rings is 1. The van der Waals surface area contributed by atoms with E-state index in [1.54, 1.807) is 0 Å². The fourth-order valence-electron chi connectivity index (χ4n) is 2.14. The van der Waals surface area contributed by atoms with Gasteiger partial charge in [-0.2, -0.15) is 5.26 Å². The minimum absolute atomic E-state index is 0.244. The molecule has 5 nitrogen and oxygen atoms in total. The molecular formula is C15H19N5. The number of hydrogen-bond donors (Lipinski definition) is 2. The third kappa shape index (κ3) is 2.37. The van der Waals surface area contributed by atoms with Crippen LogP contribution in [-0.2, 0) is 6.42 Å². The fourth-order valence-corrected chi connectivity index (χ4v) is 2.14. The average Bonchev–Trinajstić information content (AvgIpc) is 2.78. The predicted octanol–water partition coefficient (Wildman–Crippen LogP) is 2.92. The summed E-state index contributed by atoms with van der Waals surface area (Å²) >= 11 is 0. The van der Waals surface area contributed by atoms with Crippen LogP contribution in [0.15, 0.2) is 6.07 Å². The lowest BCUT2D eigenvalue weighted by Crippen LogP contribution is -2.03. The van der Waals surface area contributed by atoms with E-state index in [2.05, 4.69) is 21.0 Å². The molecule has 5 heteroatoms. The number of imidazole rings is 1. The van der Waals surface area contributed by atoms with E-state index in [0.717, 1.165) is 34.9 Å². The van der Waals surface area contributed by atoms with Crippen molar-refractivity contribution in [1.82, 2.24) is 15.0 Å². The summed E-state index contributed by atoms with van der Waals surface area (Å²) < 4.78 is 0. The lowest BCUT2D eigenvalue weighted by molar-refractivity contribution is 0.825. The molecule has 3 N–H and O–H groups in total. The molecule has 0 aliphatic rings. The van der Waals surface area contributed by atoms with E-state index in [-0.39, 0.29) is 11.7 Å². The molecule has 2 aromatic rings. The molecule has 104 valence electrons. The van der Waals surface area contributed by atoms with Crippen LogP contribution in [0.3, 0.4) is 0 Å². The standard InChI is InChI=1S/C15H19N5/c1-5-13-18-9(4)14(20-13)10-6-12(8(2)3)19-15(17)11(10)7-16/h6,8H,5H2,1-4H3,(H2,17,19)(H,18,20). The molecule has 0 amide bonds. The third-order valence-corrected chi connectivity index (χ3v) is 3.29. The third-order valence-electron chi connectivity index (χ3n) is 3.29. The minimum Gasteiger partial charge on any atom is -0.383 e. The summed E-state index contributed by atoms with van der Waals surface area (Å²) in [7, 11) is 0. The van der Waals surface area contributed by atoms with E-state index in [9.17, 15) is 5.26 Å². The first kappa shape index (κ1) is 14.1. The molecule has 2 rings (SSSR count). The Labute approximate surface area is 118 Å². The highest BCUT2D eigenvalue weighted by Gasteiger charge is 2.18. The van der Waals surface area contributed by atoms with Crippen molar-refractivity contribution in [3.8, 4) is 17.3 Å². The van der Waals surface area contributed by atoms with Crippen molar-refractivity contribution in [2.24, 2.45) is 0 Å². The zero-order valence-corrected chi connectivity index (χ0v) is 12.3. The Morgan fingerprint density at radius 1 is 1.40 bits per heavy atom. The normalized spacial score (nSPS) is 10.8. The number of aryl methyl sites for hydroxylation is 2. The van der Waals surface area contributed by atoms with Crippen LogP contribution in [0.5, 0.6) is 0 Å². The van der Waals surface area contributed by atoms with Gasteiger partial charge in [0.15, 0.2) is 0 Å². The molecule has 0 unspecified atom stereocenters. The largest absolute Gasteiger partial charge is 0.383 e. The Morgan fingerprint density at radius 2 is 2.10 bits per heavy atom. The Hall–Kier alpha value is -2.35. The van der Waals surface area contributed by atoms with Gasteiger partial charge in [0.05, 0.1) is 5.69 Å². The molecule has 20 heavy (non-hydrogen) atoms. The molecule has 0 aliphatic carbocycles. The van der Waals surface area contributed by atoms with Crippen LogP contribution in [0.1, 0.15) is 49.5 Å². The van der Waals surface area contributed by atoms with Gasteiger partial charge in [-0.05, 0) is 18.9 Å². The van der Waals surface area contributed by atoms with Crippen molar-refractivity contribution < 1.29 is 0 Å². The van der Waals surface area contributed by atoms with Crippen molar-refractivity contribution in [1.29, 1.82) is 5.26 Å². The number of rotatable bonds is 3. The lowest BCUT2D eigenvalue weighted by Gasteiger charge is -2.10. The molecule has 2 heterocycles. The Kier molecular flexibility index (Phi) is 3.75. The number of nitriles is 1.